The zero-order valence-electron chi connectivity index (χ0n) is 10.6. The summed E-state index contributed by atoms with van der Waals surface area (Å²) in [6, 6.07) is 0. The topological polar surface area (TPSA) is 29.5 Å². The minimum atomic E-state index is -0.594. The summed E-state index contributed by atoms with van der Waals surface area (Å²) in [5, 5.41) is 10.4. The normalized spacial score (nSPS) is 38.1. The van der Waals surface area contributed by atoms with Crippen molar-refractivity contribution in [3.8, 4) is 0 Å². The van der Waals surface area contributed by atoms with Crippen LogP contribution in [0.4, 0.5) is 0 Å². The van der Waals surface area contributed by atoms with Crippen molar-refractivity contribution in [2.75, 3.05) is 0 Å². The summed E-state index contributed by atoms with van der Waals surface area (Å²) in [6.07, 6.45) is 5.75. The van der Waals surface area contributed by atoms with Gasteiger partial charge in [0.05, 0.1) is 18.0 Å². The fraction of sp³-hybridized carbons (Fsp3) is 0.857. The first-order valence-corrected chi connectivity index (χ1v) is 5.80. The van der Waals surface area contributed by atoms with Crippen LogP contribution in [0.25, 0.3) is 0 Å². The third-order valence-electron chi connectivity index (χ3n) is 4.09. The van der Waals surface area contributed by atoms with E-state index in [1.807, 2.05) is 19.9 Å². The van der Waals surface area contributed by atoms with Crippen molar-refractivity contribution >= 4 is 0 Å². The predicted molar refractivity (Wildman–Crippen MR) is 69.2 cm³/mol. The molecule has 0 saturated heterocycles. The highest BCUT2D eigenvalue weighted by molar-refractivity contribution is 5.00. The van der Waals surface area contributed by atoms with E-state index in [9.17, 15) is 5.11 Å². The summed E-state index contributed by atoms with van der Waals surface area (Å²) < 4.78 is 5.64. The lowest BCUT2D eigenvalue weighted by Crippen LogP contribution is -2.53. The van der Waals surface area contributed by atoms with Crippen molar-refractivity contribution in [3.63, 3.8) is 0 Å². The minimum absolute atomic E-state index is 0. The maximum atomic E-state index is 10.4. The van der Waals surface area contributed by atoms with Crippen molar-refractivity contribution in [1.82, 2.24) is 0 Å². The van der Waals surface area contributed by atoms with Gasteiger partial charge in [-0.05, 0) is 38.0 Å². The summed E-state index contributed by atoms with van der Waals surface area (Å²) in [5.74, 6) is 0.275. The van der Waals surface area contributed by atoms with Crippen LogP contribution in [0.3, 0.4) is 0 Å². The lowest BCUT2D eigenvalue weighted by atomic mass is 9.61. The van der Waals surface area contributed by atoms with E-state index in [2.05, 4.69) is 20.8 Å². The zero-order valence-corrected chi connectivity index (χ0v) is 10.6. The molecule has 2 heteroatoms. The SMILES string of the molecule is C.CC=CO[C@H]1C[C@H](C)[C@@](C)(O)C(C)(C)C1. The quantitative estimate of drug-likeness (QED) is 0.729. The summed E-state index contributed by atoms with van der Waals surface area (Å²) in [4.78, 5) is 0. The molecule has 0 aromatic heterocycles. The van der Waals surface area contributed by atoms with Crippen LogP contribution in [0, 0.1) is 11.3 Å². The van der Waals surface area contributed by atoms with Crippen LogP contribution in [-0.4, -0.2) is 16.8 Å². The highest BCUT2D eigenvalue weighted by Crippen LogP contribution is 2.47. The highest BCUT2D eigenvalue weighted by Gasteiger charge is 2.49. The standard InChI is InChI=1S/C13H24O2.CH4/c1-6-7-15-11-8-10(2)13(5,14)12(3,4)9-11;/h6-7,10-11,14H,8-9H2,1-5H3;1H4/t10-,11-,13+;/m0./s1. The van der Waals surface area contributed by atoms with Crippen LogP contribution in [0.5, 0.6) is 0 Å². The van der Waals surface area contributed by atoms with Gasteiger partial charge in [0.2, 0.25) is 0 Å². The van der Waals surface area contributed by atoms with Crippen molar-refractivity contribution in [2.24, 2.45) is 11.3 Å². The molecular weight excluding hydrogens is 200 g/mol. The Morgan fingerprint density at radius 3 is 2.31 bits per heavy atom. The minimum Gasteiger partial charge on any atom is -0.498 e. The molecule has 0 aliphatic heterocycles. The van der Waals surface area contributed by atoms with Gasteiger partial charge in [0.15, 0.2) is 0 Å². The second-order valence-corrected chi connectivity index (χ2v) is 5.60. The monoisotopic (exact) mass is 228 g/mol. The van der Waals surface area contributed by atoms with Crippen LogP contribution in [0.15, 0.2) is 12.3 Å². The van der Waals surface area contributed by atoms with Gasteiger partial charge >= 0.3 is 0 Å². The Labute approximate surface area is 101 Å². The van der Waals surface area contributed by atoms with E-state index in [0.29, 0.717) is 0 Å². The van der Waals surface area contributed by atoms with E-state index in [0.717, 1.165) is 12.8 Å². The van der Waals surface area contributed by atoms with Crippen LogP contribution in [0.1, 0.15) is 54.9 Å². The van der Waals surface area contributed by atoms with E-state index >= 15 is 0 Å². The molecule has 0 amide bonds. The highest BCUT2D eigenvalue weighted by atomic mass is 16.5. The molecule has 0 radical (unpaired) electrons. The third kappa shape index (κ3) is 2.79. The first-order chi connectivity index (χ1) is 6.81. The van der Waals surface area contributed by atoms with Crippen LogP contribution < -0.4 is 0 Å². The Kier molecular flexibility index (Phi) is 5.06. The molecule has 1 aliphatic rings. The molecule has 16 heavy (non-hydrogen) atoms. The lowest BCUT2D eigenvalue weighted by molar-refractivity contribution is -0.149. The molecule has 1 N–H and O–H groups in total. The summed E-state index contributed by atoms with van der Waals surface area (Å²) in [6.45, 7) is 10.2. The maximum Gasteiger partial charge on any atom is 0.0988 e. The van der Waals surface area contributed by atoms with Crippen LogP contribution >= 0.6 is 0 Å². The molecule has 2 nitrogen and oxygen atoms in total. The van der Waals surface area contributed by atoms with Gasteiger partial charge in [-0.1, -0.05) is 34.3 Å². The summed E-state index contributed by atoms with van der Waals surface area (Å²) in [5.41, 5.74) is -0.681. The van der Waals surface area contributed by atoms with Crippen LogP contribution in [0.2, 0.25) is 0 Å². The first-order valence-electron chi connectivity index (χ1n) is 5.80. The van der Waals surface area contributed by atoms with Gasteiger partial charge in [-0.2, -0.15) is 0 Å². The molecule has 0 aromatic rings. The Morgan fingerprint density at radius 2 is 1.88 bits per heavy atom. The van der Waals surface area contributed by atoms with E-state index < -0.39 is 5.60 Å². The first kappa shape index (κ1) is 15.5. The molecule has 0 unspecified atom stereocenters. The van der Waals surface area contributed by atoms with Gasteiger partial charge in [0.1, 0.15) is 0 Å². The Bertz CT molecular complexity index is 241. The van der Waals surface area contributed by atoms with E-state index in [1.54, 1.807) is 6.26 Å². The molecule has 1 aliphatic carbocycles. The number of allylic oxidation sites excluding steroid dienone is 1. The molecule has 1 fully saturated rings. The van der Waals surface area contributed by atoms with Crippen molar-refractivity contribution in [1.29, 1.82) is 0 Å². The van der Waals surface area contributed by atoms with Gasteiger partial charge < -0.3 is 9.84 Å². The smallest absolute Gasteiger partial charge is 0.0988 e. The van der Waals surface area contributed by atoms with E-state index in [-0.39, 0.29) is 24.9 Å². The zero-order chi connectivity index (χ0) is 11.7. The summed E-state index contributed by atoms with van der Waals surface area (Å²) in [7, 11) is 0. The number of aliphatic hydroxyl groups is 1. The molecule has 0 heterocycles. The second-order valence-electron chi connectivity index (χ2n) is 5.60. The van der Waals surface area contributed by atoms with Gasteiger partial charge in [0, 0.05) is 0 Å². The molecule has 0 aromatic carbocycles. The van der Waals surface area contributed by atoms with Crippen LogP contribution in [-0.2, 0) is 4.74 Å². The molecule has 0 bridgehead atoms. The number of ether oxygens (including phenoxy) is 1. The fourth-order valence-electron chi connectivity index (χ4n) is 2.44. The number of hydrogen-bond donors (Lipinski definition) is 1. The number of rotatable bonds is 2. The Balaban J connectivity index is 0.00000225. The van der Waals surface area contributed by atoms with Gasteiger partial charge in [-0.15, -0.1) is 0 Å². The Hall–Kier alpha value is -0.500. The second kappa shape index (κ2) is 5.22. The maximum absolute atomic E-state index is 10.4. The largest absolute Gasteiger partial charge is 0.498 e. The fourth-order valence-corrected chi connectivity index (χ4v) is 2.44. The lowest BCUT2D eigenvalue weighted by Gasteiger charge is -2.50. The summed E-state index contributed by atoms with van der Waals surface area (Å²) >= 11 is 0. The molecule has 1 saturated carbocycles. The van der Waals surface area contributed by atoms with Crippen molar-refractivity contribution in [2.45, 2.75) is 66.6 Å². The molecule has 1 rings (SSSR count). The molecule has 0 spiro atoms. The average Bonchev–Trinajstić information content (AvgIpc) is 2.11. The third-order valence-corrected chi connectivity index (χ3v) is 4.09. The van der Waals surface area contributed by atoms with Gasteiger partial charge in [-0.25, -0.2) is 0 Å². The van der Waals surface area contributed by atoms with E-state index in [4.69, 9.17) is 4.74 Å². The average molecular weight is 228 g/mol. The van der Waals surface area contributed by atoms with Crippen molar-refractivity contribution in [3.05, 3.63) is 12.3 Å². The molecule has 3 atom stereocenters. The predicted octanol–water partition coefficient (Wildman–Crippen LogP) is 3.75. The van der Waals surface area contributed by atoms with E-state index in [1.165, 1.54) is 0 Å². The number of hydrogen-bond acceptors (Lipinski definition) is 2. The van der Waals surface area contributed by atoms with Gasteiger partial charge in [-0.3, -0.25) is 0 Å². The Morgan fingerprint density at radius 1 is 1.31 bits per heavy atom. The van der Waals surface area contributed by atoms with Gasteiger partial charge in [0.25, 0.3) is 0 Å². The van der Waals surface area contributed by atoms with Crippen molar-refractivity contribution < 1.29 is 9.84 Å². The molecule has 96 valence electrons. The molecular formula is C14H28O2.